The quantitative estimate of drug-likeness (QED) is 0.381. The molecule has 1 N–H and O–H groups in total. The van der Waals surface area contributed by atoms with E-state index in [9.17, 15) is 9.59 Å². The van der Waals surface area contributed by atoms with E-state index in [0.717, 1.165) is 55.5 Å². The monoisotopic (exact) mass is 525 g/mol. The van der Waals surface area contributed by atoms with E-state index in [2.05, 4.69) is 28.4 Å². The minimum Gasteiger partial charge on any atom is -0.491 e. The summed E-state index contributed by atoms with van der Waals surface area (Å²) in [5.41, 5.74) is 3.24. The molecule has 4 rings (SSSR count). The molecule has 8 nitrogen and oxygen atoms in total. The number of ether oxygens (including phenoxy) is 3. The number of amides is 1. The fraction of sp³-hybridized carbons (Fsp3) is 0.600. The summed E-state index contributed by atoms with van der Waals surface area (Å²) in [5.74, 6) is 0.834. The van der Waals surface area contributed by atoms with Crippen LogP contribution in [-0.2, 0) is 33.8 Å². The van der Waals surface area contributed by atoms with Crippen molar-refractivity contribution in [3.8, 4) is 5.75 Å². The second-order valence-electron chi connectivity index (χ2n) is 10.4. The van der Waals surface area contributed by atoms with Crippen molar-refractivity contribution in [3.63, 3.8) is 0 Å². The van der Waals surface area contributed by atoms with Crippen LogP contribution in [0.5, 0.6) is 5.75 Å². The van der Waals surface area contributed by atoms with Crippen LogP contribution in [0.15, 0.2) is 41.3 Å². The standard InChI is InChI=1S/C30H43N3O5/c1-4-32-12-10-24(19-29(32)34)27-9-11-31-20-28(27)30(35)33(25-7-8-25)21-23-16-22(6-5-13-36-2)17-26(18-23)38-15-14-37-3/h10,12,16-19,25,27-28,31H,4-9,11,13-15,20-21H2,1-3H3. The van der Waals surface area contributed by atoms with Crippen LogP contribution < -0.4 is 15.6 Å². The molecular formula is C30H43N3O5. The third kappa shape index (κ3) is 7.46. The van der Waals surface area contributed by atoms with Crippen LogP contribution >= 0.6 is 0 Å². The van der Waals surface area contributed by atoms with Gasteiger partial charge in [0.05, 0.1) is 12.5 Å². The van der Waals surface area contributed by atoms with Crippen LogP contribution in [0.2, 0.25) is 0 Å². The van der Waals surface area contributed by atoms with Crippen LogP contribution in [0.1, 0.15) is 55.2 Å². The second kappa shape index (κ2) is 13.9. The summed E-state index contributed by atoms with van der Waals surface area (Å²) in [6.07, 6.45) is 6.59. The van der Waals surface area contributed by atoms with E-state index < -0.39 is 0 Å². The first-order valence-corrected chi connectivity index (χ1v) is 14.0. The molecule has 1 saturated carbocycles. The van der Waals surface area contributed by atoms with Crippen molar-refractivity contribution in [2.75, 3.05) is 47.1 Å². The molecule has 1 saturated heterocycles. The molecule has 2 heterocycles. The zero-order valence-corrected chi connectivity index (χ0v) is 23.1. The molecule has 2 aromatic rings. The van der Waals surface area contributed by atoms with Gasteiger partial charge in [-0.25, -0.2) is 0 Å². The SMILES string of the molecule is CCn1ccc(C2CCNCC2C(=O)N(Cc2cc(CCCOC)cc(OCCOC)c2)C2CC2)cc1=O. The molecule has 8 heteroatoms. The number of hydrogen-bond acceptors (Lipinski definition) is 6. The Morgan fingerprint density at radius 1 is 1.05 bits per heavy atom. The normalized spacial score (nSPS) is 19.3. The number of aromatic nitrogens is 1. The van der Waals surface area contributed by atoms with Crippen molar-refractivity contribution in [1.29, 1.82) is 0 Å². The third-order valence-electron chi connectivity index (χ3n) is 7.61. The molecule has 1 aliphatic carbocycles. The molecule has 1 aromatic carbocycles. The number of carbonyl (C=O) groups excluding carboxylic acids is 1. The van der Waals surface area contributed by atoms with Gasteiger partial charge in [-0.2, -0.15) is 0 Å². The highest BCUT2D eigenvalue weighted by Gasteiger charge is 2.40. The molecule has 0 spiro atoms. The molecular weight excluding hydrogens is 482 g/mol. The minimum atomic E-state index is -0.191. The highest BCUT2D eigenvalue weighted by atomic mass is 16.5. The van der Waals surface area contributed by atoms with Crippen molar-refractivity contribution in [2.45, 2.75) is 64.1 Å². The van der Waals surface area contributed by atoms with E-state index in [0.29, 0.717) is 39.5 Å². The lowest BCUT2D eigenvalue weighted by atomic mass is 9.80. The smallest absolute Gasteiger partial charge is 0.250 e. The number of benzene rings is 1. The zero-order chi connectivity index (χ0) is 26.9. The molecule has 208 valence electrons. The van der Waals surface area contributed by atoms with Gasteiger partial charge in [-0.3, -0.25) is 9.59 Å². The van der Waals surface area contributed by atoms with Gasteiger partial charge >= 0.3 is 0 Å². The predicted molar refractivity (Wildman–Crippen MR) is 148 cm³/mol. The van der Waals surface area contributed by atoms with Gasteiger partial charge in [0.1, 0.15) is 12.4 Å². The maximum atomic E-state index is 14.1. The molecule has 1 amide bonds. The van der Waals surface area contributed by atoms with Crippen molar-refractivity contribution >= 4 is 5.91 Å². The molecule has 0 bridgehead atoms. The lowest BCUT2D eigenvalue weighted by molar-refractivity contribution is -0.138. The number of nitrogens with one attached hydrogen (secondary N) is 1. The average Bonchev–Trinajstić information content (AvgIpc) is 3.77. The maximum absolute atomic E-state index is 14.1. The number of piperidine rings is 1. The summed E-state index contributed by atoms with van der Waals surface area (Å²) in [7, 11) is 3.38. The van der Waals surface area contributed by atoms with E-state index in [1.54, 1.807) is 24.9 Å². The fourth-order valence-electron chi connectivity index (χ4n) is 5.43. The van der Waals surface area contributed by atoms with Crippen molar-refractivity contribution in [2.24, 2.45) is 5.92 Å². The Kier molecular flexibility index (Phi) is 10.4. The summed E-state index contributed by atoms with van der Waals surface area (Å²) in [6, 6.07) is 10.4. The molecule has 1 aromatic heterocycles. The molecule has 38 heavy (non-hydrogen) atoms. The van der Waals surface area contributed by atoms with Gasteiger partial charge in [0, 0.05) is 58.8 Å². The van der Waals surface area contributed by atoms with Crippen molar-refractivity contribution in [3.05, 3.63) is 63.6 Å². The largest absolute Gasteiger partial charge is 0.491 e. The molecule has 2 aliphatic rings. The number of carbonyl (C=O) groups is 1. The van der Waals surface area contributed by atoms with Crippen LogP contribution in [-0.4, -0.2) is 68.5 Å². The number of rotatable bonds is 14. The Labute approximate surface area is 226 Å². The summed E-state index contributed by atoms with van der Waals surface area (Å²) < 4.78 is 18.1. The maximum Gasteiger partial charge on any atom is 0.250 e. The number of aryl methyl sites for hydroxylation is 2. The van der Waals surface area contributed by atoms with Crippen molar-refractivity contribution in [1.82, 2.24) is 14.8 Å². The second-order valence-corrected chi connectivity index (χ2v) is 10.4. The van der Waals surface area contributed by atoms with Crippen LogP contribution in [0, 0.1) is 5.92 Å². The van der Waals surface area contributed by atoms with E-state index in [-0.39, 0.29) is 29.3 Å². The highest BCUT2D eigenvalue weighted by molar-refractivity contribution is 5.81. The van der Waals surface area contributed by atoms with Gasteiger partial charge in [0.25, 0.3) is 5.56 Å². The molecule has 2 unspecified atom stereocenters. The van der Waals surface area contributed by atoms with E-state index >= 15 is 0 Å². The Balaban J connectivity index is 1.55. The Bertz CT molecular complexity index is 1090. The van der Waals surface area contributed by atoms with E-state index in [1.807, 2.05) is 19.2 Å². The summed E-state index contributed by atoms with van der Waals surface area (Å²) >= 11 is 0. The first-order chi connectivity index (χ1) is 18.5. The summed E-state index contributed by atoms with van der Waals surface area (Å²) in [5, 5.41) is 3.43. The molecule has 0 radical (unpaired) electrons. The number of methoxy groups -OCH3 is 2. The summed E-state index contributed by atoms with van der Waals surface area (Å²) in [6.45, 7) is 6.35. The molecule has 2 atom stereocenters. The number of hydrogen-bond donors (Lipinski definition) is 1. The van der Waals surface area contributed by atoms with Crippen LogP contribution in [0.3, 0.4) is 0 Å². The van der Waals surface area contributed by atoms with Crippen LogP contribution in [0.25, 0.3) is 0 Å². The Hall–Kier alpha value is -2.68. The topological polar surface area (TPSA) is 82.0 Å². The first kappa shape index (κ1) is 28.3. The fourth-order valence-corrected chi connectivity index (χ4v) is 5.43. The molecule has 1 aliphatic heterocycles. The predicted octanol–water partition coefficient (Wildman–Crippen LogP) is 3.36. The summed E-state index contributed by atoms with van der Waals surface area (Å²) in [4.78, 5) is 28.7. The third-order valence-corrected chi connectivity index (χ3v) is 7.61. The Morgan fingerprint density at radius 3 is 2.55 bits per heavy atom. The first-order valence-electron chi connectivity index (χ1n) is 14.0. The number of pyridine rings is 1. The van der Waals surface area contributed by atoms with Gasteiger partial charge in [-0.1, -0.05) is 6.07 Å². The Morgan fingerprint density at radius 2 is 1.84 bits per heavy atom. The number of nitrogens with zero attached hydrogens (tertiary/aromatic N) is 2. The van der Waals surface area contributed by atoms with E-state index in [4.69, 9.17) is 14.2 Å². The lowest BCUT2D eigenvalue weighted by Gasteiger charge is -2.36. The van der Waals surface area contributed by atoms with Gasteiger partial charge in [0.2, 0.25) is 5.91 Å². The highest BCUT2D eigenvalue weighted by Crippen LogP contribution is 2.36. The average molecular weight is 526 g/mol. The lowest BCUT2D eigenvalue weighted by Crippen LogP contribution is -2.47. The van der Waals surface area contributed by atoms with Crippen molar-refractivity contribution < 1.29 is 19.0 Å². The zero-order valence-electron chi connectivity index (χ0n) is 23.1. The van der Waals surface area contributed by atoms with Gasteiger partial charge in [-0.15, -0.1) is 0 Å². The van der Waals surface area contributed by atoms with Crippen LogP contribution in [0.4, 0.5) is 0 Å². The van der Waals surface area contributed by atoms with Gasteiger partial charge in [-0.05, 0) is 86.4 Å². The van der Waals surface area contributed by atoms with Gasteiger partial charge < -0.3 is 29.0 Å². The minimum absolute atomic E-state index is 0.0000658. The molecule has 2 fully saturated rings. The van der Waals surface area contributed by atoms with E-state index in [1.165, 1.54) is 5.56 Å². The van der Waals surface area contributed by atoms with Gasteiger partial charge in [0.15, 0.2) is 0 Å².